The van der Waals surface area contributed by atoms with E-state index in [1.165, 1.54) is 5.56 Å². The summed E-state index contributed by atoms with van der Waals surface area (Å²) in [5, 5.41) is 0.994. The predicted molar refractivity (Wildman–Crippen MR) is 70.2 cm³/mol. The van der Waals surface area contributed by atoms with Crippen LogP contribution in [0.4, 0.5) is 5.82 Å². The summed E-state index contributed by atoms with van der Waals surface area (Å²) in [4.78, 5) is 4.09. The van der Waals surface area contributed by atoms with Crippen LogP contribution in [0.15, 0.2) is 48.8 Å². The molecule has 1 aromatic carbocycles. The highest BCUT2D eigenvalue weighted by Crippen LogP contribution is 2.23. The lowest BCUT2D eigenvalue weighted by Gasteiger charge is -2.06. The van der Waals surface area contributed by atoms with Gasteiger partial charge in [0.25, 0.3) is 0 Å². The summed E-state index contributed by atoms with van der Waals surface area (Å²) in [7, 11) is 0. The molecule has 0 aliphatic rings. The third kappa shape index (κ3) is 1.56. The van der Waals surface area contributed by atoms with E-state index in [-0.39, 0.29) is 0 Å². The van der Waals surface area contributed by atoms with Gasteiger partial charge in [-0.15, -0.1) is 0 Å². The van der Waals surface area contributed by atoms with Gasteiger partial charge in [-0.05, 0) is 31.2 Å². The molecule has 0 saturated heterocycles. The molecule has 17 heavy (non-hydrogen) atoms. The van der Waals surface area contributed by atoms with Crippen molar-refractivity contribution in [1.29, 1.82) is 0 Å². The molecule has 2 aromatic heterocycles. The van der Waals surface area contributed by atoms with E-state index in [2.05, 4.69) is 40.7 Å². The van der Waals surface area contributed by atoms with Crippen LogP contribution in [0.2, 0.25) is 0 Å². The monoisotopic (exact) mass is 223 g/mol. The molecule has 84 valence electrons. The van der Waals surface area contributed by atoms with Crippen molar-refractivity contribution in [2.24, 2.45) is 0 Å². The fourth-order valence-electron chi connectivity index (χ4n) is 2.02. The number of fused-ring (bicyclic) bond motifs is 1. The maximum absolute atomic E-state index is 5.85. The molecular formula is C14H13N3. The predicted octanol–water partition coefficient (Wildman–Crippen LogP) is 2.92. The van der Waals surface area contributed by atoms with Crippen molar-refractivity contribution >= 4 is 16.7 Å². The Bertz CT molecular complexity index is 666. The largest absolute Gasteiger partial charge is 0.383 e. The van der Waals surface area contributed by atoms with Crippen LogP contribution in [-0.2, 0) is 0 Å². The third-order valence-corrected chi connectivity index (χ3v) is 2.96. The number of anilines is 1. The molecule has 2 heterocycles. The summed E-state index contributed by atoms with van der Waals surface area (Å²) < 4.78 is 2.12. The van der Waals surface area contributed by atoms with E-state index in [1.54, 1.807) is 6.20 Å². The first-order valence-corrected chi connectivity index (χ1v) is 5.54. The average Bonchev–Trinajstić information content (AvgIpc) is 2.75. The number of nitrogen functional groups attached to an aromatic ring is 1. The van der Waals surface area contributed by atoms with Gasteiger partial charge in [-0.25, -0.2) is 4.98 Å². The molecule has 0 radical (unpaired) electrons. The summed E-state index contributed by atoms with van der Waals surface area (Å²) >= 11 is 0. The lowest BCUT2D eigenvalue weighted by molar-refractivity contribution is 1.12. The zero-order valence-electron chi connectivity index (χ0n) is 9.59. The minimum Gasteiger partial charge on any atom is -0.383 e. The van der Waals surface area contributed by atoms with Gasteiger partial charge in [0.05, 0.1) is 5.52 Å². The molecular weight excluding hydrogens is 210 g/mol. The summed E-state index contributed by atoms with van der Waals surface area (Å²) in [6, 6.07) is 12.4. The standard InChI is InChI=1S/C14H13N3/c1-10-2-4-11(5-3-10)17-9-7-12-13(17)6-8-16-14(12)15/h2-9H,1H3,(H2,15,16). The van der Waals surface area contributed by atoms with Gasteiger partial charge in [-0.2, -0.15) is 0 Å². The first kappa shape index (κ1) is 9.90. The molecule has 3 nitrogen and oxygen atoms in total. The van der Waals surface area contributed by atoms with Crippen molar-refractivity contribution < 1.29 is 0 Å². The lowest BCUT2D eigenvalue weighted by Crippen LogP contribution is -1.94. The smallest absolute Gasteiger partial charge is 0.132 e. The minimum atomic E-state index is 0.577. The minimum absolute atomic E-state index is 0.577. The first-order chi connectivity index (χ1) is 8.25. The van der Waals surface area contributed by atoms with E-state index in [4.69, 9.17) is 5.73 Å². The molecule has 0 aliphatic heterocycles. The molecule has 0 aliphatic carbocycles. The van der Waals surface area contributed by atoms with Crippen molar-refractivity contribution in [2.75, 3.05) is 5.73 Å². The molecule has 0 amide bonds. The van der Waals surface area contributed by atoms with Gasteiger partial charge < -0.3 is 10.3 Å². The fourth-order valence-corrected chi connectivity index (χ4v) is 2.02. The molecule has 0 atom stereocenters. The number of aromatic nitrogens is 2. The topological polar surface area (TPSA) is 43.8 Å². The molecule has 0 fully saturated rings. The third-order valence-electron chi connectivity index (χ3n) is 2.96. The van der Waals surface area contributed by atoms with E-state index in [0.29, 0.717) is 5.82 Å². The van der Waals surface area contributed by atoms with Crippen molar-refractivity contribution in [3.8, 4) is 5.69 Å². The Morgan fingerprint density at radius 2 is 1.82 bits per heavy atom. The summed E-state index contributed by atoms with van der Waals surface area (Å²) in [5.41, 5.74) is 9.32. The van der Waals surface area contributed by atoms with Gasteiger partial charge in [0.15, 0.2) is 0 Å². The molecule has 0 unspecified atom stereocenters. The van der Waals surface area contributed by atoms with Crippen molar-refractivity contribution in [3.63, 3.8) is 0 Å². The Kier molecular flexibility index (Phi) is 2.11. The van der Waals surface area contributed by atoms with Crippen LogP contribution in [0, 0.1) is 6.92 Å². The van der Waals surface area contributed by atoms with Crippen LogP contribution >= 0.6 is 0 Å². The van der Waals surface area contributed by atoms with Crippen LogP contribution in [0.5, 0.6) is 0 Å². The Balaban J connectivity index is 2.24. The second-order valence-corrected chi connectivity index (χ2v) is 4.15. The van der Waals surface area contributed by atoms with E-state index in [1.807, 2.05) is 18.3 Å². The van der Waals surface area contributed by atoms with Gasteiger partial charge in [0.2, 0.25) is 0 Å². The van der Waals surface area contributed by atoms with Gasteiger partial charge in [-0.1, -0.05) is 17.7 Å². The van der Waals surface area contributed by atoms with Crippen molar-refractivity contribution in [2.45, 2.75) is 6.92 Å². The molecule has 0 bridgehead atoms. The Morgan fingerprint density at radius 3 is 2.59 bits per heavy atom. The zero-order chi connectivity index (χ0) is 11.8. The molecule has 3 rings (SSSR count). The van der Waals surface area contributed by atoms with Crippen LogP contribution in [0.3, 0.4) is 0 Å². The Labute approximate surface area is 99.5 Å². The number of hydrogen-bond acceptors (Lipinski definition) is 2. The highest BCUT2D eigenvalue weighted by Gasteiger charge is 2.05. The molecule has 3 aromatic rings. The highest BCUT2D eigenvalue weighted by molar-refractivity contribution is 5.90. The number of nitrogens with two attached hydrogens (primary N) is 1. The zero-order valence-corrected chi connectivity index (χ0v) is 9.59. The number of benzene rings is 1. The summed E-state index contributed by atoms with van der Waals surface area (Å²) in [5.74, 6) is 0.577. The Morgan fingerprint density at radius 1 is 1.06 bits per heavy atom. The SMILES string of the molecule is Cc1ccc(-n2ccc3c(N)nccc32)cc1. The molecule has 2 N–H and O–H groups in total. The molecule has 0 saturated carbocycles. The first-order valence-electron chi connectivity index (χ1n) is 5.54. The van der Waals surface area contributed by atoms with Gasteiger partial charge in [0, 0.05) is 23.5 Å². The van der Waals surface area contributed by atoms with E-state index < -0.39 is 0 Å². The average molecular weight is 223 g/mol. The van der Waals surface area contributed by atoms with Gasteiger partial charge >= 0.3 is 0 Å². The molecule has 0 spiro atoms. The second kappa shape index (κ2) is 3.63. The second-order valence-electron chi connectivity index (χ2n) is 4.15. The molecule has 3 heteroatoms. The van der Waals surface area contributed by atoms with Crippen LogP contribution in [0.25, 0.3) is 16.6 Å². The summed E-state index contributed by atoms with van der Waals surface area (Å²) in [6.45, 7) is 2.08. The number of nitrogens with zero attached hydrogens (tertiary/aromatic N) is 2. The Hall–Kier alpha value is -2.29. The van der Waals surface area contributed by atoms with Crippen LogP contribution < -0.4 is 5.73 Å². The quantitative estimate of drug-likeness (QED) is 0.689. The maximum atomic E-state index is 5.85. The number of hydrogen-bond donors (Lipinski definition) is 1. The van der Waals surface area contributed by atoms with Gasteiger partial charge in [-0.3, -0.25) is 0 Å². The van der Waals surface area contributed by atoms with E-state index in [9.17, 15) is 0 Å². The van der Waals surface area contributed by atoms with Crippen LogP contribution in [0.1, 0.15) is 5.56 Å². The van der Waals surface area contributed by atoms with E-state index >= 15 is 0 Å². The van der Waals surface area contributed by atoms with Crippen molar-refractivity contribution in [1.82, 2.24) is 9.55 Å². The number of aryl methyl sites for hydroxylation is 1. The maximum Gasteiger partial charge on any atom is 0.132 e. The van der Waals surface area contributed by atoms with Gasteiger partial charge in [0.1, 0.15) is 5.82 Å². The number of rotatable bonds is 1. The fraction of sp³-hybridized carbons (Fsp3) is 0.0714. The van der Waals surface area contributed by atoms with Crippen LogP contribution in [-0.4, -0.2) is 9.55 Å². The normalized spacial score (nSPS) is 10.9. The van der Waals surface area contributed by atoms with E-state index in [0.717, 1.165) is 16.6 Å². The lowest BCUT2D eigenvalue weighted by atomic mass is 10.2. The highest BCUT2D eigenvalue weighted by atomic mass is 15.0. The van der Waals surface area contributed by atoms with Crippen molar-refractivity contribution in [3.05, 3.63) is 54.4 Å². The summed E-state index contributed by atoms with van der Waals surface area (Å²) in [6.07, 6.45) is 3.76. The number of pyridine rings is 1.